The number of nitrogens with zero attached hydrogens (tertiary/aromatic N) is 1. The van der Waals surface area contributed by atoms with Crippen molar-refractivity contribution in [3.63, 3.8) is 0 Å². The van der Waals surface area contributed by atoms with Crippen molar-refractivity contribution < 1.29 is 9.47 Å². The van der Waals surface area contributed by atoms with Crippen LogP contribution in [0.5, 0.6) is 5.75 Å². The molecular formula is C14H22N2O2. The molecule has 0 aromatic heterocycles. The van der Waals surface area contributed by atoms with Gasteiger partial charge in [0.25, 0.3) is 0 Å². The minimum absolute atomic E-state index is 0.0946. The van der Waals surface area contributed by atoms with E-state index in [-0.39, 0.29) is 5.54 Å². The lowest BCUT2D eigenvalue weighted by molar-refractivity contribution is -0.0547. The van der Waals surface area contributed by atoms with Crippen LogP contribution in [0, 0.1) is 0 Å². The zero-order valence-corrected chi connectivity index (χ0v) is 11.2. The summed E-state index contributed by atoms with van der Waals surface area (Å²) in [7, 11) is 0. The summed E-state index contributed by atoms with van der Waals surface area (Å²) >= 11 is 0. The van der Waals surface area contributed by atoms with Crippen LogP contribution in [0.1, 0.15) is 13.8 Å². The standard InChI is InChI=1S/C14H22N2O2/c1-14(2)11-17-8-6-16(14)7-9-18-13-5-3-4-12(15)10-13/h3-5,10H,6-9,11,15H2,1-2H3. The van der Waals surface area contributed by atoms with E-state index < -0.39 is 0 Å². The molecule has 2 N–H and O–H groups in total. The van der Waals surface area contributed by atoms with E-state index in [9.17, 15) is 0 Å². The summed E-state index contributed by atoms with van der Waals surface area (Å²) in [4.78, 5) is 2.41. The first kappa shape index (κ1) is 13.2. The molecule has 4 heteroatoms. The summed E-state index contributed by atoms with van der Waals surface area (Å²) in [6.07, 6.45) is 0. The van der Waals surface area contributed by atoms with E-state index in [4.69, 9.17) is 15.2 Å². The van der Waals surface area contributed by atoms with E-state index in [0.717, 1.165) is 37.7 Å². The Morgan fingerprint density at radius 3 is 3.00 bits per heavy atom. The fourth-order valence-electron chi connectivity index (χ4n) is 2.18. The molecular weight excluding hydrogens is 228 g/mol. The number of anilines is 1. The zero-order valence-electron chi connectivity index (χ0n) is 11.2. The lowest BCUT2D eigenvalue weighted by Crippen LogP contribution is -2.54. The summed E-state index contributed by atoms with van der Waals surface area (Å²) in [5, 5.41) is 0. The second-order valence-electron chi connectivity index (χ2n) is 5.27. The highest BCUT2D eigenvalue weighted by atomic mass is 16.5. The molecule has 18 heavy (non-hydrogen) atoms. The van der Waals surface area contributed by atoms with Gasteiger partial charge in [-0.3, -0.25) is 4.90 Å². The fourth-order valence-corrected chi connectivity index (χ4v) is 2.18. The Morgan fingerprint density at radius 2 is 2.28 bits per heavy atom. The molecule has 100 valence electrons. The Kier molecular flexibility index (Phi) is 4.09. The van der Waals surface area contributed by atoms with Crippen LogP contribution in [0.3, 0.4) is 0 Å². The highest BCUT2D eigenvalue weighted by Gasteiger charge is 2.29. The molecule has 1 aromatic rings. The van der Waals surface area contributed by atoms with E-state index in [1.165, 1.54) is 0 Å². The first-order valence-electron chi connectivity index (χ1n) is 6.39. The molecule has 0 unspecified atom stereocenters. The van der Waals surface area contributed by atoms with Crippen LogP contribution in [0.2, 0.25) is 0 Å². The van der Waals surface area contributed by atoms with Gasteiger partial charge in [-0.1, -0.05) is 6.07 Å². The minimum atomic E-state index is 0.0946. The number of ether oxygens (including phenoxy) is 2. The summed E-state index contributed by atoms with van der Waals surface area (Å²) in [5.41, 5.74) is 6.54. The Morgan fingerprint density at radius 1 is 1.44 bits per heavy atom. The highest BCUT2D eigenvalue weighted by Crippen LogP contribution is 2.19. The molecule has 0 aliphatic carbocycles. The molecule has 4 nitrogen and oxygen atoms in total. The molecule has 1 aromatic carbocycles. The molecule has 1 fully saturated rings. The first-order chi connectivity index (χ1) is 8.58. The van der Waals surface area contributed by atoms with Gasteiger partial charge in [-0.05, 0) is 26.0 Å². The number of hydrogen-bond acceptors (Lipinski definition) is 4. The SMILES string of the molecule is CC1(C)COCCN1CCOc1cccc(N)c1. The predicted octanol–water partition coefficient (Wildman–Crippen LogP) is 1.76. The van der Waals surface area contributed by atoms with Gasteiger partial charge in [-0.15, -0.1) is 0 Å². The van der Waals surface area contributed by atoms with Crippen molar-refractivity contribution in [1.29, 1.82) is 0 Å². The zero-order chi connectivity index (χ0) is 13.0. The van der Waals surface area contributed by atoms with Gasteiger partial charge in [0.2, 0.25) is 0 Å². The highest BCUT2D eigenvalue weighted by molar-refractivity contribution is 5.43. The molecule has 1 aliphatic rings. The normalized spacial score (nSPS) is 19.7. The maximum atomic E-state index is 5.72. The van der Waals surface area contributed by atoms with Crippen LogP contribution in [-0.2, 0) is 4.74 Å². The maximum absolute atomic E-state index is 5.72. The Bertz CT molecular complexity index is 393. The molecule has 1 saturated heterocycles. The number of nitrogens with two attached hydrogens (primary N) is 1. The lowest BCUT2D eigenvalue weighted by atomic mass is 10.0. The second kappa shape index (κ2) is 5.59. The van der Waals surface area contributed by atoms with Crippen molar-refractivity contribution in [3.05, 3.63) is 24.3 Å². The van der Waals surface area contributed by atoms with Crippen LogP contribution in [0.25, 0.3) is 0 Å². The molecule has 1 aliphatic heterocycles. The van der Waals surface area contributed by atoms with Crippen LogP contribution in [0.15, 0.2) is 24.3 Å². The number of morpholine rings is 1. The topological polar surface area (TPSA) is 47.7 Å². The number of nitrogen functional groups attached to an aromatic ring is 1. The Labute approximate surface area is 109 Å². The largest absolute Gasteiger partial charge is 0.492 e. The van der Waals surface area contributed by atoms with Gasteiger partial charge in [0, 0.05) is 30.4 Å². The van der Waals surface area contributed by atoms with Gasteiger partial charge >= 0.3 is 0 Å². The van der Waals surface area contributed by atoms with Crippen LogP contribution >= 0.6 is 0 Å². The van der Waals surface area contributed by atoms with Crippen molar-refractivity contribution in [1.82, 2.24) is 4.90 Å². The van der Waals surface area contributed by atoms with Crippen molar-refractivity contribution in [2.24, 2.45) is 0 Å². The van der Waals surface area contributed by atoms with Crippen molar-refractivity contribution in [3.8, 4) is 5.75 Å². The predicted molar refractivity (Wildman–Crippen MR) is 72.8 cm³/mol. The van der Waals surface area contributed by atoms with Gasteiger partial charge in [0.1, 0.15) is 12.4 Å². The molecule has 1 heterocycles. The summed E-state index contributed by atoms with van der Waals surface area (Å²) in [6, 6.07) is 7.55. The Hall–Kier alpha value is -1.26. The van der Waals surface area contributed by atoms with Crippen LogP contribution in [0.4, 0.5) is 5.69 Å². The van der Waals surface area contributed by atoms with E-state index in [1.807, 2.05) is 24.3 Å². The van der Waals surface area contributed by atoms with Gasteiger partial charge in [-0.25, -0.2) is 0 Å². The molecule has 0 amide bonds. The van der Waals surface area contributed by atoms with E-state index in [2.05, 4.69) is 18.7 Å². The fraction of sp³-hybridized carbons (Fsp3) is 0.571. The first-order valence-corrected chi connectivity index (χ1v) is 6.39. The quantitative estimate of drug-likeness (QED) is 0.827. The summed E-state index contributed by atoms with van der Waals surface area (Å²) < 4.78 is 11.2. The third-order valence-electron chi connectivity index (χ3n) is 3.30. The van der Waals surface area contributed by atoms with Crippen molar-refractivity contribution in [2.75, 3.05) is 38.6 Å². The third-order valence-corrected chi connectivity index (χ3v) is 3.30. The average Bonchev–Trinajstić information content (AvgIpc) is 2.31. The summed E-state index contributed by atoms with van der Waals surface area (Å²) in [5.74, 6) is 0.834. The molecule has 0 atom stereocenters. The van der Waals surface area contributed by atoms with Crippen molar-refractivity contribution >= 4 is 5.69 Å². The van der Waals surface area contributed by atoms with Gasteiger partial charge < -0.3 is 15.2 Å². The van der Waals surface area contributed by atoms with Crippen LogP contribution < -0.4 is 10.5 Å². The number of benzene rings is 1. The molecule has 0 saturated carbocycles. The van der Waals surface area contributed by atoms with E-state index in [1.54, 1.807) is 0 Å². The minimum Gasteiger partial charge on any atom is -0.492 e. The summed E-state index contributed by atoms with van der Waals surface area (Å²) in [6.45, 7) is 8.54. The molecule has 0 spiro atoms. The number of hydrogen-bond donors (Lipinski definition) is 1. The second-order valence-corrected chi connectivity index (χ2v) is 5.27. The third kappa shape index (κ3) is 3.37. The van der Waals surface area contributed by atoms with Crippen LogP contribution in [-0.4, -0.2) is 43.3 Å². The average molecular weight is 250 g/mol. The maximum Gasteiger partial charge on any atom is 0.121 e. The van der Waals surface area contributed by atoms with Gasteiger partial charge in [0.15, 0.2) is 0 Å². The monoisotopic (exact) mass is 250 g/mol. The van der Waals surface area contributed by atoms with E-state index >= 15 is 0 Å². The van der Waals surface area contributed by atoms with Crippen molar-refractivity contribution in [2.45, 2.75) is 19.4 Å². The molecule has 0 bridgehead atoms. The smallest absolute Gasteiger partial charge is 0.121 e. The number of rotatable bonds is 4. The van der Waals surface area contributed by atoms with Gasteiger partial charge in [-0.2, -0.15) is 0 Å². The molecule has 0 radical (unpaired) electrons. The Balaban J connectivity index is 1.81. The van der Waals surface area contributed by atoms with E-state index in [0.29, 0.717) is 6.61 Å². The van der Waals surface area contributed by atoms with Gasteiger partial charge in [0.05, 0.1) is 13.2 Å². The lowest BCUT2D eigenvalue weighted by Gasteiger charge is -2.41. The molecule has 2 rings (SSSR count).